The van der Waals surface area contributed by atoms with Crippen LogP contribution in [0.1, 0.15) is 20.9 Å². The first-order valence-electron chi connectivity index (χ1n) is 9.32. The van der Waals surface area contributed by atoms with Crippen LogP contribution in [0.25, 0.3) is 11.0 Å². The van der Waals surface area contributed by atoms with Crippen LogP contribution in [0.3, 0.4) is 0 Å². The third kappa shape index (κ3) is 3.86. The number of H-pyrrole nitrogens is 1. The van der Waals surface area contributed by atoms with Crippen molar-refractivity contribution in [1.29, 1.82) is 0 Å². The second-order valence-corrected chi connectivity index (χ2v) is 6.71. The van der Waals surface area contributed by atoms with Gasteiger partial charge in [0.15, 0.2) is 11.5 Å². The standard InChI is InChI=1S/C20H13F2N5O6/c1-30-12-5-3-2-4-9(12)16(28)27-19-23-8-15(31-19)17(29)26-18-24-10-6-13-14(7-11(10)25-18)33-20(21,22)32-13/h2-8H,1H3,(H,23,27,28)(H2,24,25,26,29). The summed E-state index contributed by atoms with van der Waals surface area (Å²) < 4.78 is 45.5. The SMILES string of the molecule is COc1ccccc1C(=O)Nc1ncc(C(=O)Nc2nc3cc4c(cc3[nH]2)OC(F)(F)O4)o1. The summed E-state index contributed by atoms with van der Waals surface area (Å²) in [6.07, 6.45) is -2.63. The van der Waals surface area contributed by atoms with Gasteiger partial charge in [0.1, 0.15) is 5.75 Å². The summed E-state index contributed by atoms with van der Waals surface area (Å²) in [6, 6.07) is 8.87. The van der Waals surface area contributed by atoms with Gasteiger partial charge in [0, 0.05) is 12.1 Å². The molecule has 5 rings (SSSR count). The highest BCUT2D eigenvalue weighted by molar-refractivity contribution is 6.06. The van der Waals surface area contributed by atoms with Gasteiger partial charge in [0.2, 0.25) is 11.7 Å². The number of fused-ring (bicyclic) bond motifs is 2. The highest BCUT2D eigenvalue weighted by Gasteiger charge is 2.43. The number of methoxy groups -OCH3 is 1. The Balaban J connectivity index is 1.28. The molecular weight excluding hydrogens is 444 g/mol. The summed E-state index contributed by atoms with van der Waals surface area (Å²) in [5.41, 5.74) is 0.837. The smallest absolute Gasteiger partial charge is 0.496 e. The van der Waals surface area contributed by atoms with Crippen molar-refractivity contribution in [3.8, 4) is 17.2 Å². The number of ether oxygens (including phenoxy) is 3. The van der Waals surface area contributed by atoms with Crippen LogP contribution in [-0.4, -0.2) is 40.2 Å². The van der Waals surface area contributed by atoms with Crippen molar-refractivity contribution in [2.24, 2.45) is 0 Å². The van der Waals surface area contributed by atoms with E-state index in [1.807, 2.05) is 0 Å². The van der Waals surface area contributed by atoms with Gasteiger partial charge < -0.3 is 23.6 Å². The predicted molar refractivity (Wildman–Crippen MR) is 108 cm³/mol. The largest absolute Gasteiger partial charge is 0.586 e. The Morgan fingerprint density at radius 2 is 1.85 bits per heavy atom. The molecule has 11 nitrogen and oxygen atoms in total. The molecule has 33 heavy (non-hydrogen) atoms. The van der Waals surface area contributed by atoms with Crippen LogP contribution < -0.4 is 24.8 Å². The summed E-state index contributed by atoms with van der Waals surface area (Å²) in [6.45, 7) is 0. The fourth-order valence-corrected chi connectivity index (χ4v) is 3.12. The number of rotatable bonds is 5. The Bertz CT molecular complexity index is 1350. The number of para-hydroxylation sites is 1. The van der Waals surface area contributed by atoms with Crippen molar-refractivity contribution in [3.05, 3.63) is 53.9 Å². The summed E-state index contributed by atoms with van der Waals surface area (Å²) in [5.74, 6) is -1.44. The number of imidazole rings is 1. The maximum Gasteiger partial charge on any atom is 0.586 e. The Morgan fingerprint density at radius 1 is 1.09 bits per heavy atom. The Kier molecular flexibility index (Phi) is 4.58. The number of hydrogen-bond acceptors (Lipinski definition) is 8. The van der Waals surface area contributed by atoms with Crippen LogP contribution in [0, 0.1) is 0 Å². The Morgan fingerprint density at radius 3 is 2.64 bits per heavy atom. The molecule has 0 bridgehead atoms. The maximum absolute atomic E-state index is 13.2. The van der Waals surface area contributed by atoms with Gasteiger partial charge in [-0.25, -0.2) is 9.97 Å². The average molecular weight is 457 g/mol. The van der Waals surface area contributed by atoms with E-state index in [9.17, 15) is 18.4 Å². The Hall–Kier alpha value is -4.68. The van der Waals surface area contributed by atoms with Crippen molar-refractivity contribution in [1.82, 2.24) is 15.0 Å². The zero-order chi connectivity index (χ0) is 23.2. The van der Waals surface area contributed by atoms with E-state index < -0.39 is 18.1 Å². The molecule has 168 valence electrons. The molecule has 2 aromatic carbocycles. The number of aromatic amines is 1. The highest BCUT2D eigenvalue weighted by Crippen LogP contribution is 2.42. The second-order valence-electron chi connectivity index (χ2n) is 6.71. The first-order chi connectivity index (χ1) is 15.8. The van der Waals surface area contributed by atoms with Gasteiger partial charge >= 0.3 is 12.3 Å². The molecule has 2 aromatic heterocycles. The molecule has 0 saturated heterocycles. The van der Waals surface area contributed by atoms with Crippen molar-refractivity contribution in [3.63, 3.8) is 0 Å². The normalized spacial score (nSPS) is 13.7. The van der Waals surface area contributed by atoms with Crippen LogP contribution in [0.2, 0.25) is 0 Å². The Labute approximate surface area is 182 Å². The number of halogens is 2. The summed E-state index contributed by atoms with van der Waals surface area (Å²) >= 11 is 0. The number of carbonyl (C=O) groups excluding carboxylic acids is 2. The van der Waals surface area contributed by atoms with Crippen molar-refractivity contribution in [2.75, 3.05) is 17.7 Å². The molecule has 2 amide bonds. The first kappa shape index (κ1) is 20.2. The van der Waals surface area contributed by atoms with E-state index in [1.165, 1.54) is 19.2 Å². The number of alkyl halides is 2. The first-order valence-corrected chi connectivity index (χ1v) is 9.32. The number of nitrogens with zero attached hydrogens (tertiary/aromatic N) is 2. The topological polar surface area (TPSA) is 141 Å². The highest BCUT2D eigenvalue weighted by atomic mass is 19.3. The van der Waals surface area contributed by atoms with Crippen LogP contribution in [0.5, 0.6) is 17.2 Å². The van der Waals surface area contributed by atoms with E-state index in [4.69, 9.17) is 9.15 Å². The fourth-order valence-electron chi connectivity index (χ4n) is 3.12. The number of anilines is 2. The van der Waals surface area contributed by atoms with E-state index in [-0.39, 0.29) is 40.3 Å². The van der Waals surface area contributed by atoms with Crippen molar-refractivity contribution < 1.29 is 37.0 Å². The van der Waals surface area contributed by atoms with Crippen LogP contribution in [0.15, 0.2) is 47.0 Å². The van der Waals surface area contributed by atoms with Crippen LogP contribution >= 0.6 is 0 Å². The minimum absolute atomic E-state index is 0.0152. The quantitative estimate of drug-likeness (QED) is 0.414. The molecule has 0 saturated carbocycles. The number of carbonyl (C=O) groups is 2. The van der Waals surface area contributed by atoms with Crippen molar-refractivity contribution >= 4 is 34.8 Å². The van der Waals surface area contributed by atoms with E-state index in [0.29, 0.717) is 11.3 Å². The molecule has 0 spiro atoms. The van der Waals surface area contributed by atoms with E-state index in [0.717, 1.165) is 6.20 Å². The lowest BCUT2D eigenvalue weighted by Gasteiger charge is -2.06. The summed E-state index contributed by atoms with van der Waals surface area (Å²) in [4.78, 5) is 35.6. The van der Waals surface area contributed by atoms with Gasteiger partial charge in [-0.3, -0.25) is 20.2 Å². The van der Waals surface area contributed by atoms with E-state index in [1.54, 1.807) is 24.3 Å². The number of oxazole rings is 1. The van der Waals surface area contributed by atoms with Gasteiger partial charge in [0.05, 0.1) is 29.9 Å². The number of aromatic nitrogens is 3. The zero-order valence-corrected chi connectivity index (χ0v) is 16.6. The average Bonchev–Trinajstić information content (AvgIpc) is 3.46. The zero-order valence-electron chi connectivity index (χ0n) is 16.6. The number of hydrogen-bond donors (Lipinski definition) is 3. The summed E-state index contributed by atoms with van der Waals surface area (Å²) in [5, 5.41) is 4.89. The number of benzene rings is 2. The molecule has 3 heterocycles. The van der Waals surface area contributed by atoms with Crippen molar-refractivity contribution in [2.45, 2.75) is 6.29 Å². The van der Waals surface area contributed by atoms with Gasteiger partial charge in [-0.2, -0.15) is 0 Å². The van der Waals surface area contributed by atoms with Crippen LogP contribution in [-0.2, 0) is 0 Å². The van der Waals surface area contributed by atoms with Gasteiger partial charge in [-0.15, -0.1) is 8.78 Å². The molecule has 0 aliphatic carbocycles. The number of nitrogens with one attached hydrogen (secondary N) is 3. The predicted octanol–water partition coefficient (Wildman–Crippen LogP) is 3.39. The third-order valence-electron chi connectivity index (χ3n) is 4.54. The molecule has 4 aromatic rings. The molecule has 0 unspecified atom stereocenters. The van der Waals surface area contributed by atoms with E-state index in [2.05, 4.69) is 35.1 Å². The third-order valence-corrected chi connectivity index (χ3v) is 4.54. The second kappa shape index (κ2) is 7.47. The maximum atomic E-state index is 13.2. The lowest BCUT2D eigenvalue weighted by Crippen LogP contribution is -2.25. The van der Waals surface area contributed by atoms with Crippen LogP contribution in [0.4, 0.5) is 20.7 Å². The lowest BCUT2D eigenvalue weighted by molar-refractivity contribution is -0.286. The minimum atomic E-state index is -3.75. The minimum Gasteiger partial charge on any atom is -0.496 e. The van der Waals surface area contributed by atoms with Gasteiger partial charge in [-0.05, 0) is 12.1 Å². The molecule has 0 fully saturated rings. The van der Waals surface area contributed by atoms with E-state index >= 15 is 0 Å². The molecule has 13 heteroatoms. The van der Waals surface area contributed by atoms with Gasteiger partial charge in [0.25, 0.3) is 11.8 Å². The summed E-state index contributed by atoms with van der Waals surface area (Å²) in [7, 11) is 1.43. The molecule has 3 N–H and O–H groups in total. The molecular formula is C20H13F2N5O6. The fraction of sp³-hybridized carbons (Fsp3) is 0.100. The molecule has 1 aliphatic heterocycles. The number of amides is 2. The monoisotopic (exact) mass is 457 g/mol. The molecule has 0 atom stereocenters. The molecule has 1 aliphatic rings. The van der Waals surface area contributed by atoms with Gasteiger partial charge in [-0.1, -0.05) is 12.1 Å². The molecule has 0 radical (unpaired) electrons. The lowest BCUT2D eigenvalue weighted by atomic mass is 10.2.